The fourth-order valence-corrected chi connectivity index (χ4v) is 1.57. The van der Waals surface area contributed by atoms with Crippen LogP contribution in [0.5, 0.6) is 0 Å². The molecule has 2 N–H and O–H groups in total. The fourth-order valence-electron chi connectivity index (χ4n) is 1.57. The summed E-state index contributed by atoms with van der Waals surface area (Å²) in [6, 6.07) is 0. The van der Waals surface area contributed by atoms with Crippen LogP contribution < -0.4 is 5.32 Å². The molecule has 5 nitrogen and oxygen atoms in total. The molecule has 0 bridgehead atoms. The van der Waals surface area contributed by atoms with Crippen LogP contribution in [0.3, 0.4) is 0 Å². The first kappa shape index (κ1) is 17.4. The van der Waals surface area contributed by atoms with Crippen molar-refractivity contribution in [3.8, 4) is 0 Å². The third-order valence-corrected chi connectivity index (χ3v) is 3.16. The quantitative estimate of drug-likeness (QED) is 0.605. The van der Waals surface area contributed by atoms with Gasteiger partial charge in [-0.3, -0.25) is 4.79 Å². The minimum atomic E-state index is -0.817. The van der Waals surface area contributed by atoms with Gasteiger partial charge in [0.2, 0.25) is 0 Å². The lowest BCUT2D eigenvalue weighted by atomic mass is 9.97. The Morgan fingerprint density at radius 2 is 1.83 bits per heavy atom. The minimum Gasteiger partial charge on any atom is -0.480 e. The summed E-state index contributed by atoms with van der Waals surface area (Å²) < 4.78 is 0. The van der Waals surface area contributed by atoms with Crippen LogP contribution in [0.1, 0.15) is 26.7 Å². The summed E-state index contributed by atoms with van der Waals surface area (Å²) in [5.74, 6) is -0.767. The molecular formula is C13H29N3O2. The number of nitrogens with one attached hydrogen (secondary N) is 1. The highest BCUT2D eigenvalue weighted by atomic mass is 16.4. The Hall–Kier alpha value is -0.650. The number of hydrogen-bond acceptors (Lipinski definition) is 4. The van der Waals surface area contributed by atoms with Crippen molar-refractivity contribution >= 4 is 5.97 Å². The van der Waals surface area contributed by atoms with Crippen LogP contribution in [-0.4, -0.2) is 73.7 Å². The maximum atomic E-state index is 11.3. The van der Waals surface area contributed by atoms with E-state index in [0.29, 0.717) is 6.42 Å². The van der Waals surface area contributed by atoms with E-state index in [1.54, 1.807) is 6.92 Å². The second-order valence-corrected chi connectivity index (χ2v) is 5.42. The largest absolute Gasteiger partial charge is 0.480 e. The van der Waals surface area contributed by atoms with E-state index in [-0.39, 0.29) is 0 Å². The van der Waals surface area contributed by atoms with Crippen LogP contribution in [0.15, 0.2) is 0 Å². The van der Waals surface area contributed by atoms with Crippen LogP contribution in [0.25, 0.3) is 0 Å². The van der Waals surface area contributed by atoms with E-state index in [1.807, 2.05) is 28.1 Å². The molecule has 1 atom stereocenters. The highest BCUT2D eigenvalue weighted by Crippen LogP contribution is 2.11. The zero-order valence-electron chi connectivity index (χ0n) is 12.5. The first-order chi connectivity index (χ1) is 8.31. The normalized spacial score (nSPS) is 15.1. The van der Waals surface area contributed by atoms with Gasteiger partial charge in [-0.15, -0.1) is 0 Å². The lowest BCUT2D eigenvalue weighted by Gasteiger charge is -2.29. The van der Waals surface area contributed by atoms with Crippen LogP contribution in [0.4, 0.5) is 0 Å². The lowest BCUT2D eigenvalue weighted by Crippen LogP contribution is -2.51. The van der Waals surface area contributed by atoms with Gasteiger partial charge in [-0.05, 0) is 47.5 Å². The maximum absolute atomic E-state index is 11.3. The third-order valence-electron chi connectivity index (χ3n) is 3.16. The van der Waals surface area contributed by atoms with Gasteiger partial charge in [-0.1, -0.05) is 6.92 Å². The number of carboxylic acid groups (broad SMARTS) is 1. The number of likely N-dealkylation sites (N-methyl/N-ethyl adjacent to an activating group) is 2. The number of aliphatic carboxylic acids is 1. The molecule has 1 unspecified atom stereocenters. The van der Waals surface area contributed by atoms with Crippen molar-refractivity contribution in [1.29, 1.82) is 0 Å². The molecule has 0 saturated carbocycles. The predicted molar refractivity (Wildman–Crippen MR) is 75.0 cm³/mol. The van der Waals surface area contributed by atoms with E-state index in [2.05, 4.69) is 15.1 Å². The van der Waals surface area contributed by atoms with E-state index < -0.39 is 11.5 Å². The monoisotopic (exact) mass is 259 g/mol. The van der Waals surface area contributed by atoms with Crippen molar-refractivity contribution in [2.45, 2.75) is 32.2 Å². The van der Waals surface area contributed by atoms with E-state index in [0.717, 1.165) is 32.6 Å². The molecule has 0 saturated heterocycles. The fraction of sp³-hybridized carbons (Fsp3) is 0.923. The SMILES string of the molecule is CCCNC(C)(CCN(C)CCN(C)C)C(=O)O. The molecule has 0 amide bonds. The van der Waals surface area contributed by atoms with Gasteiger partial charge in [0.05, 0.1) is 0 Å². The zero-order valence-corrected chi connectivity index (χ0v) is 12.5. The lowest BCUT2D eigenvalue weighted by molar-refractivity contribution is -0.144. The van der Waals surface area contributed by atoms with Crippen LogP contribution >= 0.6 is 0 Å². The Morgan fingerprint density at radius 3 is 2.28 bits per heavy atom. The van der Waals surface area contributed by atoms with Crippen molar-refractivity contribution < 1.29 is 9.90 Å². The molecule has 0 rings (SSSR count). The van der Waals surface area contributed by atoms with Crippen LogP contribution in [0, 0.1) is 0 Å². The van der Waals surface area contributed by atoms with E-state index in [1.165, 1.54) is 0 Å². The summed E-state index contributed by atoms with van der Waals surface area (Å²) in [5.41, 5.74) is -0.817. The van der Waals surface area contributed by atoms with Gasteiger partial charge in [0.25, 0.3) is 0 Å². The summed E-state index contributed by atoms with van der Waals surface area (Å²) >= 11 is 0. The van der Waals surface area contributed by atoms with Crippen molar-refractivity contribution in [2.24, 2.45) is 0 Å². The Labute approximate surface area is 111 Å². The molecule has 5 heteroatoms. The Morgan fingerprint density at radius 1 is 1.22 bits per heavy atom. The second-order valence-electron chi connectivity index (χ2n) is 5.42. The molecule has 0 radical (unpaired) electrons. The summed E-state index contributed by atoms with van der Waals surface area (Å²) in [5, 5.41) is 12.4. The average molecular weight is 259 g/mol. The van der Waals surface area contributed by atoms with Crippen molar-refractivity contribution in [1.82, 2.24) is 15.1 Å². The third kappa shape index (κ3) is 6.93. The Balaban J connectivity index is 4.14. The standard InChI is InChI=1S/C13H29N3O2/c1-6-8-14-13(2,12(17)18)7-9-16(5)11-10-15(3)4/h14H,6-11H2,1-5H3,(H,17,18). The Kier molecular flexibility index (Phi) is 8.15. The van der Waals surface area contributed by atoms with E-state index in [4.69, 9.17) is 0 Å². The van der Waals surface area contributed by atoms with Gasteiger partial charge in [0.1, 0.15) is 5.54 Å². The second kappa shape index (κ2) is 8.45. The van der Waals surface area contributed by atoms with Gasteiger partial charge < -0.3 is 20.2 Å². The van der Waals surface area contributed by atoms with Gasteiger partial charge in [0, 0.05) is 19.6 Å². The number of hydrogen-bond donors (Lipinski definition) is 2. The van der Waals surface area contributed by atoms with Gasteiger partial charge in [-0.2, -0.15) is 0 Å². The molecule has 0 aromatic heterocycles. The zero-order chi connectivity index (χ0) is 14.2. The highest BCUT2D eigenvalue weighted by molar-refractivity contribution is 5.78. The predicted octanol–water partition coefficient (Wildman–Crippen LogP) is 0.713. The molecule has 0 heterocycles. The van der Waals surface area contributed by atoms with Gasteiger partial charge in [-0.25, -0.2) is 0 Å². The van der Waals surface area contributed by atoms with E-state index in [9.17, 15) is 9.90 Å². The summed E-state index contributed by atoms with van der Waals surface area (Å²) in [6.07, 6.45) is 1.56. The molecule has 0 fully saturated rings. The first-order valence-corrected chi connectivity index (χ1v) is 6.63. The Bertz CT molecular complexity index is 246. The van der Waals surface area contributed by atoms with Crippen LogP contribution in [-0.2, 0) is 4.79 Å². The van der Waals surface area contributed by atoms with E-state index >= 15 is 0 Å². The topological polar surface area (TPSA) is 55.8 Å². The van der Waals surface area contributed by atoms with Crippen molar-refractivity contribution in [2.75, 3.05) is 47.3 Å². The average Bonchev–Trinajstić information content (AvgIpc) is 2.30. The van der Waals surface area contributed by atoms with Gasteiger partial charge >= 0.3 is 5.97 Å². The van der Waals surface area contributed by atoms with Crippen molar-refractivity contribution in [3.05, 3.63) is 0 Å². The number of nitrogens with zero attached hydrogens (tertiary/aromatic N) is 2. The summed E-state index contributed by atoms with van der Waals surface area (Å²) in [7, 11) is 6.11. The minimum absolute atomic E-state index is 0.617. The summed E-state index contributed by atoms with van der Waals surface area (Å²) in [4.78, 5) is 15.6. The molecule has 0 aliphatic carbocycles. The van der Waals surface area contributed by atoms with Crippen LogP contribution in [0.2, 0.25) is 0 Å². The smallest absolute Gasteiger partial charge is 0.323 e. The van der Waals surface area contributed by atoms with Crippen molar-refractivity contribution in [3.63, 3.8) is 0 Å². The molecular weight excluding hydrogens is 230 g/mol. The summed E-state index contributed by atoms with van der Waals surface area (Å²) in [6.45, 7) is 7.28. The molecule has 0 aromatic carbocycles. The first-order valence-electron chi connectivity index (χ1n) is 6.63. The number of carboxylic acids is 1. The molecule has 0 spiro atoms. The maximum Gasteiger partial charge on any atom is 0.323 e. The molecule has 0 aliphatic rings. The highest BCUT2D eigenvalue weighted by Gasteiger charge is 2.31. The van der Waals surface area contributed by atoms with Gasteiger partial charge in [0.15, 0.2) is 0 Å². The molecule has 18 heavy (non-hydrogen) atoms. The molecule has 0 aromatic rings. The number of rotatable bonds is 10. The molecule has 0 aliphatic heterocycles. The number of carbonyl (C=O) groups is 1. The molecule has 108 valence electrons.